The number of nitrogens with zero attached hydrogens (tertiary/aromatic N) is 2. The first-order valence-corrected chi connectivity index (χ1v) is 10.9. The maximum atomic E-state index is 12.4. The zero-order valence-electron chi connectivity index (χ0n) is 17.7. The fourth-order valence-electron chi connectivity index (χ4n) is 3.04. The number of benzene rings is 3. The van der Waals surface area contributed by atoms with Crippen molar-refractivity contribution in [2.45, 2.75) is 10.9 Å². The lowest BCUT2D eigenvalue weighted by atomic mass is 10.1. The van der Waals surface area contributed by atoms with Crippen molar-refractivity contribution in [1.29, 1.82) is 0 Å². The lowest BCUT2D eigenvalue weighted by Crippen LogP contribution is -2.17. The van der Waals surface area contributed by atoms with Crippen LogP contribution in [-0.4, -0.2) is 36.3 Å². The second kappa shape index (κ2) is 10.0. The molecule has 0 radical (unpaired) electrons. The number of carbonyl (C=O) groups excluding carboxylic acids is 1. The van der Waals surface area contributed by atoms with Crippen molar-refractivity contribution in [2.24, 2.45) is 5.10 Å². The second-order valence-electron chi connectivity index (χ2n) is 6.89. The SMILES string of the molecule is COc1cc(C=NNC(=O)c2ccc(CSc3nc4ccccc4[nH]3)cc2)cc(OC)c1. The third kappa shape index (κ3) is 5.28. The molecule has 0 fully saturated rings. The molecule has 0 saturated heterocycles. The molecule has 8 heteroatoms. The van der Waals surface area contributed by atoms with Crippen molar-refractivity contribution in [2.75, 3.05) is 14.2 Å². The molecule has 32 heavy (non-hydrogen) atoms. The molecule has 162 valence electrons. The minimum atomic E-state index is -0.285. The van der Waals surface area contributed by atoms with E-state index in [1.165, 1.54) is 0 Å². The molecule has 0 aliphatic rings. The molecule has 0 aliphatic carbocycles. The van der Waals surface area contributed by atoms with Crippen LogP contribution in [-0.2, 0) is 5.75 Å². The van der Waals surface area contributed by atoms with Crippen LogP contribution in [0.1, 0.15) is 21.5 Å². The summed E-state index contributed by atoms with van der Waals surface area (Å²) >= 11 is 1.62. The van der Waals surface area contributed by atoms with E-state index in [9.17, 15) is 4.79 Å². The van der Waals surface area contributed by atoms with Gasteiger partial charge in [-0.05, 0) is 42.0 Å². The quantitative estimate of drug-likeness (QED) is 0.234. The zero-order chi connectivity index (χ0) is 22.3. The summed E-state index contributed by atoms with van der Waals surface area (Å²) in [6.45, 7) is 0. The van der Waals surface area contributed by atoms with Crippen molar-refractivity contribution in [3.8, 4) is 11.5 Å². The van der Waals surface area contributed by atoms with Crippen LogP contribution in [0.4, 0.5) is 0 Å². The number of carbonyl (C=O) groups is 1. The van der Waals surface area contributed by atoms with E-state index >= 15 is 0 Å². The molecule has 2 N–H and O–H groups in total. The number of aromatic amines is 1. The van der Waals surface area contributed by atoms with E-state index in [0.717, 1.165) is 33.1 Å². The molecule has 3 aromatic carbocycles. The van der Waals surface area contributed by atoms with E-state index in [0.29, 0.717) is 17.1 Å². The summed E-state index contributed by atoms with van der Waals surface area (Å²) in [5, 5.41) is 4.91. The molecule has 0 spiro atoms. The van der Waals surface area contributed by atoms with Crippen molar-refractivity contribution < 1.29 is 14.3 Å². The zero-order valence-corrected chi connectivity index (χ0v) is 18.5. The van der Waals surface area contributed by atoms with Crippen molar-refractivity contribution in [3.05, 3.63) is 83.4 Å². The number of imidazole rings is 1. The highest BCUT2D eigenvalue weighted by Crippen LogP contribution is 2.23. The van der Waals surface area contributed by atoms with Crippen LogP contribution < -0.4 is 14.9 Å². The summed E-state index contributed by atoms with van der Waals surface area (Å²) in [4.78, 5) is 20.2. The summed E-state index contributed by atoms with van der Waals surface area (Å²) in [5.74, 6) is 1.76. The number of ether oxygens (including phenoxy) is 2. The van der Waals surface area contributed by atoms with Gasteiger partial charge in [0.15, 0.2) is 5.16 Å². The van der Waals surface area contributed by atoms with E-state index < -0.39 is 0 Å². The highest BCUT2D eigenvalue weighted by Gasteiger charge is 2.07. The topological polar surface area (TPSA) is 88.6 Å². The Labute approximate surface area is 189 Å². The Balaban J connectivity index is 1.33. The summed E-state index contributed by atoms with van der Waals surface area (Å²) in [6, 6.07) is 20.7. The van der Waals surface area contributed by atoms with E-state index in [-0.39, 0.29) is 5.91 Å². The molecular weight excluding hydrogens is 424 g/mol. The average molecular weight is 447 g/mol. The molecule has 0 unspecified atom stereocenters. The van der Waals surface area contributed by atoms with E-state index in [1.54, 1.807) is 62.5 Å². The summed E-state index contributed by atoms with van der Waals surface area (Å²) in [6.07, 6.45) is 1.54. The third-order valence-corrected chi connectivity index (χ3v) is 5.66. The Kier molecular flexibility index (Phi) is 6.72. The first kappa shape index (κ1) is 21.5. The molecule has 1 aromatic heterocycles. The third-order valence-electron chi connectivity index (χ3n) is 4.71. The average Bonchev–Trinajstić information content (AvgIpc) is 3.26. The van der Waals surface area contributed by atoms with Gasteiger partial charge in [-0.15, -0.1) is 0 Å². The number of nitrogens with one attached hydrogen (secondary N) is 2. The van der Waals surface area contributed by atoms with Crippen LogP contribution in [0.5, 0.6) is 11.5 Å². The van der Waals surface area contributed by atoms with Gasteiger partial charge in [0.25, 0.3) is 5.91 Å². The van der Waals surface area contributed by atoms with Crippen LogP contribution >= 0.6 is 11.8 Å². The van der Waals surface area contributed by atoms with Gasteiger partial charge in [-0.1, -0.05) is 36.0 Å². The van der Waals surface area contributed by atoms with E-state index in [2.05, 4.69) is 20.5 Å². The van der Waals surface area contributed by atoms with Gasteiger partial charge in [-0.2, -0.15) is 5.10 Å². The molecule has 0 aliphatic heterocycles. The molecule has 0 bridgehead atoms. The number of hydrogen-bond acceptors (Lipinski definition) is 6. The normalized spacial score (nSPS) is 11.1. The van der Waals surface area contributed by atoms with Crippen LogP contribution in [0.25, 0.3) is 11.0 Å². The first-order valence-electron chi connectivity index (χ1n) is 9.87. The molecule has 0 atom stereocenters. The number of amides is 1. The predicted octanol–water partition coefficient (Wildman–Crippen LogP) is 4.64. The van der Waals surface area contributed by atoms with Gasteiger partial charge in [0.1, 0.15) is 11.5 Å². The first-order chi connectivity index (χ1) is 15.6. The van der Waals surface area contributed by atoms with Gasteiger partial charge in [0.2, 0.25) is 0 Å². The van der Waals surface area contributed by atoms with Crippen LogP contribution in [0.2, 0.25) is 0 Å². The monoisotopic (exact) mass is 446 g/mol. The van der Waals surface area contributed by atoms with Gasteiger partial charge in [0.05, 0.1) is 31.5 Å². The Morgan fingerprint density at radius 2 is 1.78 bits per heavy atom. The van der Waals surface area contributed by atoms with Gasteiger partial charge >= 0.3 is 0 Å². The van der Waals surface area contributed by atoms with Crippen molar-refractivity contribution >= 4 is 34.9 Å². The van der Waals surface area contributed by atoms with Crippen LogP contribution in [0.3, 0.4) is 0 Å². The fourth-order valence-corrected chi connectivity index (χ4v) is 3.88. The number of para-hydroxylation sites is 2. The van der Waals surface area contributed by atoms with Crippen molar-refractivity contribution in [3.63, 3.8) is 0 Å². The Hall–Kier alpha value is -3.78. The number of thioether (sulfide) groups is 1. The summed E-state index contributed by atoms with van der Waals surface area (Å²) in [5.41, 5.74) is 6.90. The Morgan fingerprint density at radius 1 is 1.06 bits per heavy atom. The van der Waals surface area contributed by atoms with Crippen molar-refractivity contribution in [1.82, 2.24) is 15.4 Å². The maximum Gasteiger partial charge on any atom is 0.271 e. The smallest absolute Gasteiger partial charge is 0.271 e. The largest absolute Gasteiger partial charge is 0.497 e. The highest BCUT2D eigenvalue weighted by molar-refractivity contribution is 7.98. The molecule has 0 saturated carbocycles. The lowest BCUT2D eigenvalue weighted by molar-refractivity contribution is 0.0955. The maximum absolute atomic E-state index is 12.4. The minimum Gasteiger partial charge on any atom is -0.497 e. The van der Waals surface area contributed by atoms with Gasteiger partial charge in [-0.3, -0.25) is 4.79 Å². The minimum absolute atomic E-state index is 0.285. The van der Waals surface area contributed by atoms with Gasteiger partial charge in [0, 0.05) is 22.9 Å². The fraction of sp³-hybridized carbons (Fsp3) is 0.125. The number of aromatic nitrogens is 2. The second-order valence-corrected chi connectivity index (χ2v) is 7.85. The lowest BCUT2D eigenvalue weighted by Gasteiger charge is -2.05. The number of hydrazone groups is 1. The van der Waals surface area contributed by atoms with Crippen LogP contribution in [0, 0.1) is 0 Å². The van der Waals surface area contributed by atoms with Gasteiger partial charge in [-0.25, -0.2) is 10.4 Å². The number of hydrogen-bond donors (Lipinski definition) is 2. The van der Waals surface area contributed by atoms with Crippen LogP contribution in [0.15, 0.2) is 77.0 Å². The molecule has 4 rings (SSSR count). The molecule has 4 aromatic rings. The number of fused-ring (bicyclic) bond motifs is 1. The Bertz CT molecular complexity index is 1200. The molecule has 1 heterocycles. The summed E-state index contributed by atoms with van der Waals surface area (Å²) < 4.78 is 10.5. The summed E-state index contributed by atoms with van der Waals surface area (Å²) in [7, 11) is 3.16. The van der Waals surface area contributed by atoms with Gasteiger partial charge < -0.3 is 14.5 Å². The number of H-pyrrole nitrogens is 1. The Morgan fingerprint density at radius 3 is 2.47 bits per heavy atom. The predicted molar refractivity (Wildman–Crippen MR) is 127 cm³/mol. The van der Waals surface area contributed by atoms with E-state index in [1.807, 2.05) is 36.4 Å². The highest BCUT2D eigenvalue weighted by atomic mass is 32.2. The molecule has 1 amide bonds. The standard InChI is InChI=1S/C24H22N4O3S/c1-30-19-11-17(12-20(13-19)31-2)14-25-28-23(29)18-9-7-16(8-10-18)15-32-24-26-21-5-3-4-6-22(21)27-24/h3-14H,15H2,1-2H3,(H,26,27)(H,28,29). The number of rotatable bonds is 8. The number of methoxy groups -OCH3 is 2. The van der Waals surface area contributed by atoms with E-state index in [4.69, 9.17) is 9.47 Å². The molecule has 7 nitrogen and oxygen atoms in total. The molecular formula is C24H22N4O3S.